The van der Waals surface area contributed by atoms with Crippen LogP contribution in [0.3, 0.4) is 0 Å². The first-order chi connectivity index (χ1) is 19.2. The Morgan fingerprint density at radius 3 is 2.48 bits per heavy atom. The van der Waals surface area contributed by atoms with E-state index >= 15 is 0 Å². The van der Waals surface area contributed by atoms with Gasteiger partial charge in [0.15, 0.2) is 0 Å². The van der Waals surface area contributed by atoms with Crippen LogP contribution in [0.2, 0.25) is 5.02 Å². The fourth-order valence-electron chi connectivity index (χ4n) is 5.25. The molecule has 0 amide bonds. The number of aryl methyl sites for hydroxylation is 2. The first-order valence-electron chi connectivity index (χ1n) is 13.1. The molecule has 1 aliphatic heterocycles. The molecule has 2 aromatic carbocycles. The maximum absolute atomic E-state index is 13.8. The van der Waals surface area contributed by atoms with Gasteiger partial charge in [0, 0.05) is 16.4 Å². The van der Waals surface area contributed by atoms with Gasteiger partial charge in [0.2, 0.25) is 0 Å². The highest BCUT2D eigenvalue weighted by atomic mass is 35.5. The van der Waals surface area contributed by atoms with Crippen LogP contribution in [0, 0.1) is 6.92 Å². The molecule has 0 bridgehead atoms. The number of imidazole rings is 1. The van der Waals surface area contributed by atoms with Gasteiger partial charge >= 0.3 is 16.1 Å². The molecule has 0 unspecified atom stereocenters. The van der Waals surface area contributed by atoms with Crippen molar-refractivity contribution in [1.29, 1.82) is 0 Å². The number of halogens is 1. The van der Waals surface area contributed by atoms with E-state index in [0.717, 1.165) is 47.5 Å². The van der Waals surface area contributed by atoms with E-state index in [9.17, 15) is 13.2 Å². The third kappa shape index (κ3) is 5.38. The lowest BCUT2D eigenvalue weighted by Gasteiger charge is -2.15. The predicted octanol–water partition coefficient (Wildman–Crippen LogP) is 5.25. The Labute approximate surface area is 240 Å². The molecule has 1 fully saturated rings. The summed E-state index contributed by atoms with van der Waals surface area (Å²) in [4.78, 5) is 26.3. The molecule has 0 atom stereocenters. The maximum atomic E-state index is 13.8. The highest BCUT2D eigenvalue weighted by Crippen LogP contribution is 2.33. The molecule has 0 aliphatic carbocycles. The van der Waals surface area contributed by atoms with Crippen molar-refractivity contribution < 1.29 is 12.6 Å². The van der Waals surface area contributed by atoms with Gasteiger partial charge in [-0.3, -0.25) is 4.79 Å². The van der Waals surface area contributed by atoms with Crippen molar-refractivity contribution in [3.05, 3.63) is 69.7 Å². The zero-order valence-corrected chi connectivity index (χ0v) is 24.5. The first-order valence-corrected chi connectivity index (χ1v) is 16.1. The Kier molecular flexibility index (Phi) is 7.16. The molecule has 5 aromatic rings. The highest BCUT2D eigenvalue weighted by molar-refractivity contribution is 7.86. The van der Waals surface area contributed by atoms with Crippen molar-refractivity contribution in [1.82, 2.24) is 24.0 Å². The van der Waals surface area contributed by atoms with Crippen molar-refractivity contribution in [3.63, 3.8) is 0 Å². The Bertz CT molecular complexity index is 1890. The first kappa shape index (κ1) is 26.9. The maximum Gasteiger partial charge on any atom is 0.321 e. The second kappa shape index (κ2) is 10.6. The van der Waals surface area contributed by atoms with Gasteiger partial charge in [0.1, 0.15) is 10.5 Å². The van der Waals surface area contributed by atoms with Crippen LogP contribution in [0.4, 0.5) is 0 Å². The zero-order valence-electron chi connectivity index (χ0n) is 22.1. The van der Waals surface area contributed by atoms with E-state index in [2.05, 4.69) is 14.5 Å². The van der Waals surface area contributed by atoms with Crippen LogP contribution < -0.4 is 9.74 Å². The molecule has 6 rings (SSSR count). The monoisotopic (exact) mass is 597 g/mol. The number of aromatic nitrogens is 4. The van der Waals surface area contributed by atoms with Gasteiger partial charge in [0.05, 0.1) is 28.5 Å². The minimum atomic E-state index is -3.96. The quantitative estimate of drug-likeness (QED) is 0.225. The number of likely N-dealkylation sites (tertiary alicyclic amines) is 1. The second-order valence-electron chi connectivity index (χ2n) is 10.0. The molecule has 0 N–H and O–H groups in total. The summed E-state index contributed by atoms with van der Waals surface area (Å²) < 4.78 is 33.3. The molecule has 0 saturated carbocycles. The molecule has 3 aromatic heterocycles. The van der Waals surface area contributed by atoms with Gasteiger partial charge in [-0.15, -0.1) is 11.3 Å². The summed E-state index contributed by atoms with van der Waals surface area (Å²) in [6.07, 6.45) is 4.50. The van der Waals surface area contributed by atoms with Crippen LogP contribution in [0.5, 0.6) is 6.01 Å². The van der Waals surface area contributed by atoms with Crippen molar-refractivity contribution in [2.24, 2.45) is 0 Å². The van der Waals surface area contributed by atoms with Crippen LogP contribution in [-0.4, -0.2) is 58.3 Å². The average Bonchev–Trinajstić information content (AvgIpc) is 3.63. The van der Waals surface area contributed by atoms with E-state index in [4.69, 9.17) is 20.8 Å². The third-order valence-electron chi connectivity index (χ3n) is 7.11. The molecule has 0 radical (unpaired) electrons. The van der Waals surface area contributed by atoms with Gasteiger partial charge in [-0.05, 0) is 87.8 Å². The average molecular weight is 598 g/mol. The number of nitrogens with zero attached hydrogens (tertiary/aromatic N) is 5. The lowest BCUT2D eigenvalue weighted by atomic mass is 10.2. The predicted molar refractivity (Wildman–Crippen MR) is 159 cm³/mol. The minimum Gasteiger partial charge on any atom is -0.344 e. The van der Waals surface area contributed by atoms with Crippen molar-refractivity contribution >= 4 is 54.3 Å². The van der Waals surface area contributed by atoms with Gasteiger partial charge in [0.25, 0.3) is 5.56 Å². The van der Waals surface area contributed by atoms with Crippen LogP contribution >= 0.6 is 22.9 Å². The number of benzene rings is 2. The molecule has 208 valence electrons. The van der Waals surface area contributed by atoms with E-state index in [0.29, 0.717) is 26.4 Å². The number of fused-ring (bicyclic) bond motifs is 2. The highest BCUT2D eigenvalue weighted by Gasteiger charge is 2.21. The summed E-state index contributed by atoms with van der Waals surface area (Å²) in [6.45, 7) is 6.21. The van der Waals surface area contributed by atoms with E-state index in [1.807, 2.05) is 25.1 Å². The molecule has 40 heavy (non-hydrogen) atoms. The van der Waals surface area contributed by atoms with E-state index in [1.165, 1.54) is 41.8 Å². The number of thiophene rings is 1. The summed E-state index contributed by atoms with van der Waals surface area (Å²) >= 11 is 7.31. The molecule has 1 saturated heterocycles. The fraction of sp³-hybridized carbons (Fsp3) is 0.321. The Balaban J connectivity index is 1.41. The van der Waals surface area contributed by atoms with Crippen LogP contribution in [0.25, 0.3) is 37.4 Å². The van der Waals surface area contributed by atoms with Gasteiger partial charge in [-0.2, -0.15) is 13.4 Å². The fourth-order valence-corrected chi connectivity index (χ4v) is 6.79. The molecule has 4 heterocycles. The van der Waals surface area contributed by atoms with Crippen LogP contribution in [0.15, 0.2) is 53.3 Å². The normalized spacial score (nSPS) is 14.5. The Hall–Kier alpha value is -3.25. The summed E-state index contributed by atoms with van der Waals surface area (Å²) in [6, 6.07) is 14.2. The smallest absolute Gasteiger partial charge is 0.321 e. The molecule has 9 nitrogen and oxygen atoms in total. The van der Waals surface area contributed by atoms with E-state index < -0.39 is 15.7 Å². The minimum absolute atomic E-state index is 0.318. The number of hydrogen-bond acceptors (Lipinski definition) is 8. The summed E-state index contributed by atoms with van der Waals surface area (Å²) in [5, 5.41) is 0.605. The summed E-state index contributed by atoms with van der Waals surface area (Å²) in [5.74, 6) is 0.882. The summed E-state index contributed by atoms with van der Waals surface area (Å²) in [7, 11) is -3.96. The molecule has 0 spiro atoms. The zero-order chi connectivity index (χ0) is 28.0. The van der Waals surface area contributed by atoms with Crippen LogP contribution in [-0.2, 0) is 16.7 Å². The SMILES string of the molecule is Cc1nc2cc(-n3c(OS(C)(=O)=O)nc4cc(-c5ccc(Cl)cc5)sc4c3=O)ccc2n1CCCN1CCCC1. The molecular formula is C28H28ClN5O4S2. The third-order valence-corrected chi connectivity index (χ3v) is 8.97. The van der Waals surface area contributed by atoms with Crippen molar-refractivity contribution in [3.8, 4) is 22.1 Å². The Morgan fingerprint density at radius 2 is 1.75 bits per heavy atom. The number of hydrogen-bond donors (Lipinski definition) is 0. The van der Waals surface area contributed by atoms with Crippen molar-refractivity contribution in [2.75, 3.05) is 25.9 Å². The Morgan fingerprint density at radius 1 is 1.00 bits per heavy atom. The molecule has 12 heteroatoms. The van der Waals surface area contributed by atoms with E-state index in [-0.39, 0.29) is 6.01 Å². The van der Waals surface area contributed by atoms with Gasteiger partial charge < -0.3 is 13.7 Å². The lowest BCUT2D eigenvalue weighted by Crippen LogP contribution is -2.23. The molecule has 1 aliphatic rings. The molecular weight excluding hydrogens is 570 g/mol. The standard InChI is InChI=1S/C28H28ClN5O4S2/c1-18-30-22-16-21(10-11-24(22)33(18)15-5-14-32-12-3-4-13-32)34-27(35)26-23(31-28(34)38-40(2,36)37)17-25(39-26)19-6-8-20(29)9-7-19/h6-11,16-17H,3-5,12-15H2,1-2H3. The summed E-state index contributed by atoms with van der Waals surface area (Å²) in [5.41, 5.74) is 2.90. The second-order valence-corrected chi connectivity index (χ2v) is 13.1. The lowest BCUT2D eigenvalue weighted by molar-refractivity contribution is 0.325. The largest absolute Gasteiger partial charge is 0.344 e. The van der Waals surface area contributed by atoms with Gasteiger partial charge in [-0.1, -0.05) is 23.7 Å². The van der Waals surface area contributed by atoms with Crippen molar-refractivity contribution in [2.45, 2.75) is 32.7 Å². The van der Waals surface area contributed by atoms with E-state index in [1.54, 1.807) is 30.3 Å². The van der Waals surface area contributed by atoms with Gasteiger partial charge in [-0.25, -0.2) is 9.55 Å². The topological polar surface area (TPSA) is 99.3 Å². The number of rotatable bonds is 8. The van der Waals surface area contributed by atoms with Crippen LogP contribution in [0.1, 0.15) is 25.1 Å².